The summed E-state index contributed by atoms with van der Waals surface area (Å²) in [6.07, 6.45) is 6.96. The van der Waals surface area contributed by atoms with Crippen LogP contribution in [0.15, 0.2) is 24.3 Å². The van der Waals surface area contributed by atoms with Crippen LogP contribution in [-0.2, 0) is 16.0 Å². The molecule has 110 valence electrons. The molecule has 0 N–H and O–H groups in total. The molecule has 3 heteroatoms. The lowest BCUT2D eigenvalue weighted by atomic mass is 9.86. The van der Waals surface area contributed by atoms with Gasteiger partial charge >= 0.3 is 0 Å². The summed E-state index contributed by atoms with van der Waals surface area (Å²) in [5.41, 5.74) is 0.576. The Morgan fingerprint density at radius 2 is 1.75 bits per heavy atom. The van der Waals surface area contributed by atoms with Crippen molar-refractivity contribution < 1.29 is 9.53 Å². The van der Waals surface area contributed by atoms with E-state index in [1.165, 1.54) is 16.4 Å². The van der Waals surface area contributed by atoms with Gasteiger partial charge in [0.05, 0.1) is 0 Å². The maximum absolute atomic E-state index is 12.8. The van der Waals surface area contributed by atoms with Gasteiger partial charge in [-0.2, -0.15) is 0 Å². The smallest absolute Gasteiger partial charge is 0.168 e. The zero-order chi connectivity index (χ0) is 14.4. The van der Waals surface area contributed by atoms with Gasteiger partial charge in [0.1, 0.15) is 5.60 Å². The van der Waals surface area contributed by atoms with E-state index in [0.717, 1.165) is 31.2 Å². The number of ether oxygens (including phenoxy) is 1. The number of benzene rings is 1. The van der Waals surface area contributed by atoms with Gasteiger partial charge in [-0.3, -0.25) is 4.79 Å². The molecular formula is C17H23IO2. The summed E-state index contributed by atoms with van der Waals surface area (Å²) in [4.78, 5) is 12.8. The lowest BCUT2D eigenvalue weighted by molar-refractivity contribution is -0.145. The molecule has 1 aliphatic carbocycles. The summed E-state index contributed by atoms with van der Waals surface area (Å²) in [6.45, 7) is 2.61. The number of halogens is 1. The maximum atomic E-state index is 12.8. The van der Waals surface area contributed by atoms with Crippen LogP contribution in [0.5, 0.6) is 0 Å². The Morgan fingerprint density at radius 1 is 1.15 bits per heavy atom. The molecule has 0 radical (unpaired) electrons. The molecular weight excluding hydrogens is 363 g/mol. The predicted molar refractivity (Wildman–Crippen MR) is 89.9 cm³/mol. The number of hydrogen-bond donors (Lipinski definition) is 0. The number of carbonyl (C=O) groups is 1. The standard InChI is InChI=1S/C17H23IO2/c1-2-20-17(11-5-3-4-6-12-17)16(19)13-14-7-9-15(18)10-8-14/h7-10H,2-6,11-13H2,1H3. The molecule has 0 bridgehead atoms. The van der Waals surface area contributed by atoms with Gasteiger partial charge < -0.3 is 4.74 Å². The topological polar surface area (TPSA) is 26.3 Å². The maximum Gasteiger partial charge on any atom is 0.168 e. The third-order valence-electron chi connectivity index (χ3n) is 4.12. The first-order valence-electron chi connectivity index (χ1n) is 7.58. The normalized spacial score (nSPS) is 18.5. The average molecular weight is 386 g/mol. The Morgan fingerprint density at radius 3 is 2.30 bits per heavy atom. The summed E-state index contributed by atoms with van der Waals surface area (Å²) in [5, 5.41) is 0. The molecule has 2 rings (SSSR count). The minimum atomic E-state index is -0.520. The quantitative estimate of drug-likeness (QED) is 0.549. The van der Waals surface area contributed by atoms with Crippen LogP contribution in [0.2, 0.25) is 0 Å². The lowest BCUT2D eigenvalue weighted by Crippen LogP contribution is -2.42. The van der Waals surface area contributed by atoms with Gasteiger partial charge in [0.25, 0.3) is 0 Å². The van der Waals surface area contributed by atoms with Crippen molar-refractivity contribution in [3.05, 3.63) is 33.4 Å². The third-order valence-corrected chi connectivity index (χ3v) is 4.84. The Kier molecular flexibility index (Phi) is 6.02. The van der Waals surface area contributed by atoms with Crippen molar-refractivity contribution in [1.82, 2.24) is 0 Å². The zero-order valence-corrected chi connectivity index (χ0v) is 14.3. The second-order valence-electron chi connectivity index (χ2n) is 5.57. The predicted octanol–water partition coefficient (Wildman–Crippen LogP) is 4.53. The Hall–Kier alpha value is -0.420. The summed E-state index contributed by atoms with van der Waals surface area (Å²) >= 11 is 2.29. The first kappa shape index (κ1) is 16.0. The Bertz CT molecular complexity index is 431. The van der Waals surface area contributed by atoms with Crippen molar-refractivity contribution in [1.29, 1.82) is 0 Å². The monoisotopic (exact) mass is 386 g/mol. The lowest BCUT2D eigenvalue weighted by Gasteiger charge is -2.31. The molecule has 0 saturated heterocycles. The molecule has 1 saturated carbocycles. The summed E-state index contributed by atoms with van der Waals surface area (Å²) in [6, 6.07) is 8.22. The van der Waals surface area contributed by atoms with E-state index < -0.39 is 5.60 Å². The van der Waals surface area contributed by atoms with Gasteiger partial charge in [-0.05, 0) is 60.1 Å². The van der Waals surface area contributed by atoms with Crippen molar-refractivity contribution in [2.24, 2.45) is 0 Å². The van der Waals surface area contributed by atoms with Gasteiger partial charge in [0.15, 0.2) is 5.78 Å². The van der Waals surface area contributed by atoms with E-state index in [1.807, 2.05) is 6.92 Å². The van der Waals surface area contributed by atoms with E-state index in [1.54, 1.807) is 0 Å². The number of ketones is 1. The molecule has 0 aliphatic heterocycles. The number of carbonyl (C=O) groups excluding carboxylic acids is 1. The van der Waals surface area contributed by atoms with Crippen LogP contribution in [0.25, 0.3) is 0 Å². The van der Waals surface area contributed by atoms with Gasteiger partial charge in [-0.15, -0.1) is 0 Å². The number of Topliss-reactive ketones (excluding diaryl/α,β-unsaturated/α-hetero) is 1. The largest absolute Gasteiger partial charge is 0.367 e. The summed E-state index contributed by atoms with van der Waals surface area (Å²) < 4.78 is 7.16. The van der Waals surface area contributed by atoms with E-state index >= 15 is 0 Å². The minimum Gasteiger partial charge on any atom is -0.367 e. The second-order valence-corrected chi connectivity index (χ2v) is 6.81. The van der Waals surface area contributed by atoms with Crippen LogP contribution >= 0.6 is 22.6 Å². The third kappa shape index (κ3) is 4.04. The minimum absolute atomic E-state index is 0.266. The van der Waals surface area contributed by atoms with E-state index in [4.69, 9.17) is 4.74 Å². The molecule has 20 heavy (non-hydrogen) atoms. The molecule has 1 aliphatic rings. The van der Waals surface area contributed by atoms with Crippen molar-refractivity contribution in [2.45, 2.75) is 57.5 Å². The molecule has 0 unspecified atom stereocenters. The highest BCUT2D eigenvalue weighted by Gasteiger charge is 2.38. The van der Waals surface area contributed by atoms with Crippen molar-refractivity contribution in [3.63, 3.8) is 0 Å². The van der Waals surface area contributed by atoms with Crippen molar-refractivity contribution >= 4 is 28.4 Å². The number of rotatable bonds is 5. The SMILES string of the molecule is CCOC1(C(=O)Cc2ccc(I)cc2)CCCCCC1. The Labute approximate surface area is 135 Å². The highest BCUT2D eigenvalue weighted by atomic mass is 127. The zero-order valence-electron chi connectivity index (χ0n) is 12.2. The molecule has 2 nitrogen and oxygen atoms in total. The van der Waals surface area contributed by atoms with Gasteiger partial charge in [0.2, 0.25) is 0 Å². The highest BCUT2D eigenvalue weighted by molar-refractivity contribution is 14.1. The highest BCUT2D eigenvalue weighted by Crippen LogP contribution is 2.32. The van der Waals surface area contributed by atoms with Gasteiger partial charge in [0, 0.05) is 16.6 Å². The first-order valence-corrected chi connectivity index (χ1v) is 8.66. The molecule has 0 aromatic heterocycles. The van der Waals surface area contributed by atoms with E-state index in [-0.39, 0.29) is 5.78 Å². The molecule has 0 amide bonds. The first-order chi connectivity index (χ1) is 9.66. The molecule has 0 spiro atoms. The summed E-state index contributed by atoms with van der Waals surface area (Å²) in [5.74, 6) is 0.266. The fraction of sp³-hybridized carbons (Fsp3) is 0.588. The fourth-order valence-electron chi connectivity index (χ4n) is 3.03. The summed E-state index contributed by atoms with van der Waals surface area (Å²) in [7, 11) is 0. The molecule has 1 aromatic rings. The second kappa shape index (κ2) is 7.55. The average Bonchev–Trinajstić information content (AvgIpc) is 2.68. The number of hydrogen-bond acceptors (Lipinski definition) is 2. The van der Waals surface area contributed by atoms with Crippen molar-refractivity contribution in [3.8, 4) is 0 Å². The van der Waals surface area contributed by atoms with Crippen LogP contribution in [0, 0.1) is 3.57 Å². The van der Waals surface area contributed by atoms with Crippen LogP contribution in [0.1, 0.15) is 51.0 Å². The van der Waals surface area contributed by atoms with Crippen LogP contribution in [0.4, 0.5) is 0 Å². The van der Waals surface area contributed by atoms with E-state index in [0.29, 0.717) is 13.0 Å². The molecule has 0 heterocycles. The van der Waals surface area contributed by atoms with E-state index in [2.05, 4.69) is 46.9 Å². The van der Waals surface area contributed by atoms with Crippen LogP contribution in [-0.4, -0.2) is 18.0 Å². The fourth-order valence-corrected chi connectivity index (χ4v) is 3.39. The van der Waals surface area contributed by atoms with Gasteiger partial charge in [-0.25, -0.2) is 0 Å². The van der Waals surface area contributed by atoms with E-state index in [9.17, 15) is 4.79 Å². The molecule has 0 atom stereocenters. The Balaban J connectivity index is 2.11. The van der Waals surface area contributed by atoms with Gasteiger partial charge in [-0.1, -0.05) is 37.8 Å². The van der Waals surface area contributed by atoms with Crippen LogP contribution in [0.3, 0.4) is 0 Å². The molecule has 1 fully saturated rings. The molecule has 1 aromatic carbocycles. The van der Waals surface area contributed by atoms with Crippen molar-refractivity contribution in [2.75, 3.05) is 6.61 Å². The van der Waals surface area contributed by atoms with Crippen LogP contribution < -0.4 is 0 Å².